The molecule has 0 aliphatic rings. The molecule has 0 atom stereocenters. The lowest BCUT2D eigenvalue weighted by Crippen LogP contribution is -2.09. The fraction of sp³-hybridized carbons (Fsp3) is 0.0625. The minimum absolute atomic E-state index is 0.321. The first-order valence-electron chi connectivity index (χ1n) is 6.05. The number of nitrogens with one attached hydrogen (secondary N) is 1. The Morgan fingerprint density at radius 1 is 1.25 bits per heavy atom. The van der Waals surface area contributed by atoms with Gasteiger partial charge in [0, 0.05) is 16.8 Å². The van der Waals surface area contributed by atoms with Gasteiger partial charge in [-0.2, -0.15) is 0 Å². The normalized spacial score (nSPS) is 10.8. The van der Waals surface area contributed by atoms with E-state index in [0.717, 1.165) is 11.1 Å². The standard InChI is InChI=1S/C16H13ClFNO/c1-11-5-7-14(18)10-15(11)19-16(20)8-6-12-3-2-4-13(17)9-12/h2-10H,1H3,(H,19,20)/b8-6+. The Kier molecular flexibility index (Phi) is 4.53. The van der Waals surface area contributed by atoms with E-state index in [4.69, 9.17) is 11.6 Å². The first-order valence-corrected chi connectivity index (χ1v) is 6.43. The fourth-order valence-electron chi connectivity index (χ4n) is 1.69. The van der Waals surface area contributed by atoms with E-state index >= 15 is 0 Å². The smallest absolute Gasteiger partial charge is 0.248 e. The summed E-state index contributed by atoms with van der Waals surface area (Å²) in [5.41, 5.74) is 2.09. The highest BCUT2D eigenvalue weighted by molar-refractivity contribution is 6.30. The van der Waals surface area contributed by atoms with Crippen molar-refractivity contribution in [1.82, 2.24) is 0 Å². The van der Waals surface area contributed by atoms with Crippen LogP contribution in [-0.4, -0.2) is 5.91 Å². The van der Waals surface area contributed by atoms with Crippen molar-refractivity contribution in [3.8, 4) is 0 Å². The zero-order chi connectivity index (χ0) is 14.5. The topological polar surface area (TPSA) is 29.1 Å². The van der Waals surface area contributed by atoms with Crippen molar-refractivity contribution in [2.24, 2.45) is 0 Å². The summed E-state index contributed by atoms with van der Waals surface area (Å²) in [6.45, 7) is 1.80. The van der Waals surface area contributed by atoms with Crippen LogP contribution in [0, 0.1) is 12.7 Å². The van der Waals surface area contributed by atoms with Crippen molar-refractivity contribution < 1.29 is 9.18 Å². The molecule has 0 saturated carbocycles. The van der Waals surface area contributed by atoms with Gasteiger partial charge in [0.2, 0.25) is 5.91 Å². The van der Waals surface area contributed by atoms with E-state index < -0.39 is 0 Å². The maximum Gasteiger partial charge on any atom is 0.248 e. The lowest BCUT2D eigenvalue weighted by molar-refractivity contribution is -0.111. The van der Waals surface area contributed by atoms with Gasteiger partial charge in [0.1, 0.15) is 5.82 Å². The predicted molar refractivity (Wildman–Crippen MR) is 80.3 cm³/mol. The minimum Gasteiger partial charge on any atom is -0.322 e. The summed E-state index contributed by atoms with van der Waals surface area (Å²) >= 11 is 5.85. The molecule has 0 radical (unpaired) electrons. The lowest BCUT2D eigenvalue weighted by atomic mass is 10.2. The van der Waals surface area contributed by atoms with E-state index in [0.29, 0.717) is 10.7 Å². The summed E-state index contributed by atoms with van der Waals surface area (Å²) in [6.07, 6.45) is 3.03. The summed E-state index contributed by atoms with van der Waals surface area (Å²) in [5.74, 6) is -0.705. The van der Waals surface area contributed by atoms with Crippen molar-refractivity contribution in [2.75, 3.05) is 5.32 Å². The number of carbonyl (C=O) groups is 1. The second-order valence-corrected chi connectivity index (χ2v) is 4.77. The minimum atomic E-state index is -0.385. The number of benzene rings is 2. The Bertz CT molecular complexity index is 667. The largest absolute Gasteiger partial charge is 0.322 e. The van der Waals surface area contributed by atoms with Gasteiger partial charge in [0.05, 0.1) is 0 Å². The van der Waals surface area contributed by atoms with Crippen LogP contribution < -0.4 is 5.32 Å². The third-order valence-electron chi connectivity index (χ3n) is 2.73. The van der Waals surface area contributed by atoms with E-state index in [1.165, 1.54) is 18.2 Å². The molecular weight excluding hydrogens is 277 g/mol. The molecule has 0 bridgehead atoms. The molecule has 0 spiro atoms. The number of halogens is 2. The van der Waals surface area contributed by atoms with Crippen LogP contribution in [0.15, 0.2) is 48.5 Å². The van der Waals surface area contributed by atoms with Crippen LogP contribution in [0.5, 0.6) is 0 Å². The highest BCUT2D eigenvalue weighted by Crippen LogP contribution is 2.16. The maximum atomic E-state index is 13.1. The highest BCUT2D eigenvalue weighted by atomic mass is 35.5. The summed E-state index contributed by atoms with van der Waals surface area (Å²) in [7, 11) is 0. The van der Waals surface area contributed by atoms with Crippen molar-refractivity contribution >= 4 is 29.3 Å². The second-order valence-electron chi connectivity index (χ2n) is 4.34. The molecule has 0 aliphatic carbocycles. The molecule has 2 rings (SSSR count). The van der Waals surface area contributed by atoms with Gasteiger partial charge in [-0.15, -0.1) is 0 Å². The molecule has 102 valence electrons. The average molecular weight is 290 g/mol. The predicted octanol–water partition coefficient (Wildman–Crippen LogP) is 4.44. The number of anilines is 1. The molecule has 2 nitrogen and oxygen atoms in total. The van der Waals surface area contributed by atoms with Gasteiger partial charge in [-0.05, 0) is 48.4 Å². The fourth-order valence-corrected chi connectivity index (χ4v) is 1.88. The highest BCUT2D eigenvalue weighted by Gasteiger charge is 2.03. The zero-order valence-corrected chi connectivity index (χ0v) is 11.6. The maximum absolute atomic E-state index is 13.1. The molecule has 0 saturated heterocycles. The average Bonchev–Trinajstić information content (AvgIpc) is 2.41. The number of carbonyl (C=O) groups excluding carboxylic acids is 1. The van der Waals surface area contributed by atoms with Crippen LogP contribution >= 0.6 is 11.6 Å². The molecule has 1 amide bonds. The van der Waals surface area contributed by atoms with Gasteiger partial charge in [0.15, 0.2) is 0 Å². The Morgan fingerprint density at radius 3 is 2.80 bits per heavy atom. The van der Waals surface area contributed by atoms with Crippen LogP contribution in [0.25, 0.3) is 6.08 Å². The van der Waals surface area contributed by atoms with E-state index in [1.807, 2.05) is 6.07 Å². The van der Waals surface area contributed by atoms with E-state index in [1.54, 1.807) is 37.3 Å². The first kappa shape index (κ1) is 14.3. The van der Waals surface area contributed by atoms with Gasteiger partial charge in [0.25, 0.3) is 0 Å². The second kappa shape index (κ2) is 6.35. The van der Waals surface area contributed by atoms with Gasteiger partial charge in [-0.1, -0.05) is 29.8 Å². The lowest BCUT2D eigenvalue weighted by Gasteiger charge is -2.06. The Morgan fingerprint density at radius 2 is 2.05 bits per heavy atom. The van der Waals surface area contributed by atoms with Crippen LogP contribution in [-0.2, 0) is 4.79 Å². The number of hydrogen-bond acceptors (Lipinski definition) is 1. The third-order valence-corrected chi connectivity index (χ3v) is 2.97. The summed E-state index contributed by atoms with van der Waals surface area (Å²) in [6, 6.07) is 11.4. The monoisotopic (exact) mass is 289 g/mol. The Labute approximate surface area is 121 Å². The number of hydrogen-bond donors (Lipinski definition) is 1. The molecule has 0 fully saturated rings. The van der Waals surface area contributed by atoms with Crippen molar-refractivity contribution in [1.29, 1.82) is 0 Å². The molecule has 0 aromatic heterocycles. The summed E-state index contributed by atoms with van der Waals surface area (Å²) in [5, 5.41) is 3.24. The van der Waals surface area contributed by atoms with Crippen LogP contribution in [0.3, 0.4) is 0 Å². The number of rotatable bonds is 3. The summed E-state index contributed by atoms with van der Waals surface area (Å²) < 4.78 is 13.1. The molecule has 2 aromatic carbocycles. The van der Waals surface area contributed by atoms with Crippen LogP contribution in [0.2, 0.25) is 5.02 Å². The van der Waals surface area contributed by atoms with Gasteiger partial charge < -0.3 is 5.32 Å². The summed E-state index contributed by atoms with van der Waals surface area (Å²) in [4.78, 5) is 11.8. The number of amides is 1. The molecule has 0 heterocycles. The number of aryl methyl sites for hydroxylation is 1. The Hall–Kier alpha value is -2.13. The molecule has 20 heavy (non-hydrogen) atoms. The molecule has 1 N–H and O–H groups in total. The van der Waals surface area contributed by atoms with Gasteiger partial charge >= 0.3 is 0 Å². The molecule has 4 heteroatoms. The Balaban J connectivity index is 2.07. The van der Waals surface area contributed by atoms with Crippen LogP contribution in [0.1, 0.15) is 11.1 Å². The molecular formula is C16H13ClFNO. The van der Waals surface area contributed by atoms with Gasteiger partial charge in [-0.3, -0.25) is 4.79 Å². The van der Waals surface area contributed by atoms with Crippen molar-refractivity contribution in [2.45, 2.75) is 6.92 Å². The van der Waals surface area contributed by atoms with E-state index in [9.17, 15) is 9.18 Å². The van der Waals surface area contributed by atoms with Crippen molar-refractivity contribution in [3.05, 3.63) is 70.5 Å². The SMILES string of the molecule is Cc1ccc(F)cc1NC(=O)/C=C/c1cccc(Cl)c1. The van der Waals surface area contributed by atoms with E-state index in [-0.39, 0.29) is 11.7 Å². The third kappa shape index (κ3) is 3.93. The molecule has 2 aromatic rings. The first-order chi connectivity index (χ1) is 9.54. The molecule has 0 unspecified atom stereocenters. The van der Waals surface area contributed by atoms with Crippen LogP contribution in [0.4, 0.5) is 10.1 Å². The van der Waals surface area contributed by atoms with Gasteiger partial charge in [-0.25, -0.2) is 4.39 Å². The van der Waals surface area contributed by atoms with Crippen molar-refractivity contribution in [3.63, 3.8) is 0 Å². The molecule has 0 aliphatic heterocycles. The quantitative estimate of drug-likeness (QED) is 0.832. The van der Waals surface area contributed by atoms with E-state index in [2.05, 4.69) is 5.32 Å². The zero-order valence-electron chi connectivity index (χ0n) is 10.9.